The summed E-state index contributed by atoms with van der Waals surface area (Å²) in [5.74, 6) is -0.200. The molecule has 1 heterocycles. The molecule has 0 aliphatic heterocycles. The monoisotopic (exact) mass is 283 g/mol. The van der Waals surface area contributed by atoms with Crippen LogP contribution in [0.3, 0.4) is 0 Å². The van der Waals surface area contributed by atoms with E-state index in [0.29, 0.717) is 5.69 Å². The van der Waals surface area contributed by atoms with Crippen molar-refractivity contribution in [1.29, 1.82) is 0 Å². The number of amides is 1. The van der Waals surface area contributed by atoms with Crippen molar-refractivity contribution in [3.8, 4) is 0 Å². The smallest absolute Gasteiger partial charge is 0.274 e. The summed E-state index contributed by atoms with van der Waals surface area (Å²) in [5, 5.41) is 5.93. The number of nitrogens with zero attached hydrogens (tertiary/aromatic N) is 1. The molecule has 4 heteroatoms. The second-order valence-electron chi connectivity index (χ2n) is 5.93. The first-order valence-electron chi connectivity index (χ1n) is 6.96. The van der Waals surface area contributed by atoms with E-state index in [1.807, 2.05) is 37.4 Å². The first-order valence-corrected chi connectivity index (χ1v) is 6.96. The van der Waals surface area contributed by atoms with Gasteiger partial charge in [0, 0.05) is 12.7 Å². The van der Waals surface area contributed by atoms with Crippen molar-refractivity contribution in [2.75, 3.05) is 17.7 Å². The number of nitrogens with one attached hydrogen (secondary N) is 2. The average molecular weight is 283 g/mol. The molecule has 1 aromatic heterocycles. The molecule has 4 nitrogen and oxygen atoms in total. The molecule has 2 aromatic rings. The number of carbonyl (C=O) groups is 1. The van der Waals surface area contributed by atoms with Gasteiger partial charge in [-0.15, -0.1) is 0 Å². The highest BCUT2D eigenvalue weighted by Gasteiger charge is 2.19. The quantitative estimate of drug-likeness (QED) is 0.903. The summed E-state index contributed by atoms with van der Waals surface area (Å²) in [6, 6.07) is 11.4. The van der Waals surface area contributed by atoms with Crippen LogP contribution in [0.25, 0.3) is 0 Å². The van der Waals surface area contributed by atoms with E-state index in [9.17, 15) is 4.79 Å². The predicted octanol–water partition coefficient (Wildman–Crippen LogP) is 3.67. The van der Waals surface area contributed by atoms with Gasteiger partial charge in [-0.25, -0.2) is 4.98 Å². The van der Waals surface area contributed by atoms with Crippen LogP contribution in [0.2, 0.25) is 0 Å². The SMILES string of the molecule is CNc1ccc(C(=O)Nc2ccccc2C(C)(C)C)nc1. The third-order valence-electron chi connectivity index (χ3n) is 3.27. The maximum Gasteiger partial charge on any atom is 0.274 e. The first-order chi connectivity index (χ1) is 9.91. The standard InChI is InChI=1S/C17H21N3O/c1-17(2,3)13-7-5-6-8-14(13)20-16(21)15-10-9-12(18-4)11-19-15/h5-11,18H,1-4H3,(H,20,21). The lowest BCUT2D eigenvalue weighted by molar-refractivity contribution is 0.102. The molecule has 0 aliphatic rings. The summed E-state index contributed by atoms with van der Waals surface area (Å²) in [4.78, 5) is 16.5. The third-order valence-corrected chi connectivity index (χ3v) is 3.27. The molecule has 0 saturated carbocycles. The molecule has 0 bridgehead atoms. The Kier molecular flexibility index (Phi) is 4.26. The van der Waals surface area contributed by atoms with Crippen molar-refractivity contribution in [3.63, 3.8) is 0 Å². The zero-order valence-electron chi connectivity index (χ0n) is 12.9. The molecule has 21 heavy (non-hydrogen) atoms. The largest absolute Gasteiger partial charge is 0.387 e. The maximum absolute atomic E-state index is 12.3. The van der Waals surface area contributed by atoms with Crippen LogP contribution in [0.5, 0.6) is 0 Å². The Balaban J connectivity index is 2.23. The Morgan fingerprint density at radius 3 is 2.38 bits per heavy atom. The summed E-state index contributed by atoms with van der Waals surface area (Å²) in [6.45, 7) is 6.37. The van der Waals surface area contributed by atoms with Crippen LogP contribution in [0, 0.1) is 0 Å². The zero-order chi connectivity index (χ0) is 15.5. The van der Waals surface area contributed by atoms with Crippen LogP contribution >= 0.6 is 0 Å². The molecular formula is C17H21N3O. The van der Waals surface area contributed by atoms with Gasteiger partial charge in [0.05, 0.1) is 11.9 Å². The summed E-state index contributed by atoms with van der Waals surface area (Å²) in [5.41, 5.74) is 3.17. The molecule has 0 radical (unpaired) electrons. The third kappa shape index (κ3) is 3.60. The lowest BCUT2D eigenvalue weighted by atomic mass is 9.86. The van der Waals surface area contributed by atoms with Crippen molar-refractivity contribution >= 4 is 17.3 Å². The molecule has 2 rings (SSSR count). The van der Waals surface area contributed by atoms with E-state index in [1.54, 1.807) is 12.3 Å². The number of rotatable bonds is 3. The zero-order valence-corrected chi connectivity index (χ0v) is 12.9. The molecule has 0 aliphatic carbocycles. The van der Waals surface area contributed by atoms with Gasteiger partial charge in [-0.3, -0.25) is 4.79 Å². The minimum atomic E-state index is -0.200. The summed E-state index contributed by atoms with van der Waals surface area (Å²) >= 11 is 0. The second kappa shape index (κ2) is 5.95. The minimum Gasteiger partial charge on any atom is -0.387 e. The Hall–Kier alpha value is -2.36. The van der Waals surface area contributed by atoms with Crippen LogP contribution in [0.1, 0.15) is 36.8 Å². The number of carbonyl (C=O) groups excluding carboxylic acids is 1. The molecular weight excluding hydrogens is 262 g/mol. The van der Waals surface area contributed by atoms with Crippen molar-refractivity contribution in [2.45, 2.75) is 26.2 Å². The number of benzene rings is 1. The Labute approximate surface area is 125 Å². The Morgan fingerprint density at radius 1 is 1.10 bits per heavy atom. The van der Waals surface area contributed by atoms with Crippen LogP contribution in [0.4, 0.5) is 11.4 Å². The molecule has 0 fully saturated rings. The van der Waals surface area contributed by atoms with Crippen LogP contribution in [-0.4, -0.2) is 17.9 Å². The lowest BCUT2D eigenvalue weighted by Gasteiger charge is -2.22. The van der Waals surface area contributed by atoms with Crippen LogP contribution in [0.15, 0.2) is 42.6 Å². The van der Waals surface area contributed by atoms with Gasteiger partial charge in [-0.2, -0.15) is 0 Å². The fourth-order valence-corrected chi connectivity index (χ4v) is 2.11. The number of aromatic nitrogens is 1. The van der Waals surface area contributed by atoms with Crippen molar-refractivity contribution in [3.05, 3.63) is 53.9 Å². The van der Waals surface area contributed by atoms with E-state index in [1.165, 1.54) is 0 Å². The van der Waals surface area contributed by atoms with E-state index in [0.717, 1.165) is 16.9 Å². The van der Waals surface area contributed by atoms with E-state index in [-0.39, 0.29) is 11.3 Å². The van der Waals surface area contributed by atoms with Crippen molar-refractivity contribution < 1.29 is 4.79 Å². The van der Waals surface area contributed by atoms with E-state index in [2.05, 4.69) is 36.4 Å². The maximum atomic E-state index is 12.3. The number of hydrogen-bond acceptors (Lipinski definition) is 3. The topological polar surface area (TPSA) is 54.0 Å². The molecule has 1 amide bonds. The summed E-state index contributed by atoms with van der Waals surface area (Å²) < 4.78 is 0. The van der Waals surface area contributed by atoms with E-state index in [4.69, 9.17) is 0 Å². The van der Waals surface area contributed by atoms with Gasteiger partial charge >= 0.3 is 0 Å². The molecule has 1 aromatic carbocycles. The second-order valence-corrected chi connectivity index (χ2v) is 5.93. The molecule has 110 valence electrons. The van der Waals surface area contributed by atoms with Gasteiger partial charge in [0.25, 0.3) is 5.91 Å². The Morgan fingerprint density at radius 2 is 1.81 bits per heavy atom. The molecule has 0 spiro atoms. The van der Waals surface area contributed by atoms with Crippen LogP contribution < -0.4 is 10.6 Å². The minimum absolute atomic E-state index is 0.0344. The number of anilines is 2. The van der Waals surface area contributed by atoms with Crippen molar-refractivity contribution in [2.24, 2.45) is 0 Å². The summed E-state index contributed by atoms with van der Waals surface area (Å²) in [7, 11) is 1.82. The van der Waals surface area contributed by atoms with Crippen LogP contribution in [-0.2, 0) is 5.41 Å². The Bertz CT molecular complexity index is 627. The molecule has 0 atom stereocenters. The average Bonchev–Trinajstić information content (AvgIpc) is 2.47. The highest BCUT2D eigenvalue weighted by Crippen LogP contribution is 2.29. The highest BCUT2D eigenvalue weighted by atomic mass is 16.1. The predicted molar refractivity (Wildman–Crippen MR) is 86.9 cm³/mol. The fourth-order valence-electron chi connectivity index (χ4n) is 2.11. The number of pyridine rings is 1. The van der Waals surface area contributed by atoms with Gasteiger partial charge in [0.2, 0.25) is 0 Å². The van der Waals surface area contributed by atoms with Gasteiger partial charge in [-0.1, -0.05) is 39.0 Å². The fraction of sp³-hybridized carbons (Fsp3) is 0.294. The van der Waals surface area contributed by atoms with E-state index < -0.39 is 0 Å². The van der Waals surface area contributed by atoms with Gasteiger partial charge in [0.15, 0.2) is 0 Å². The lowest BCUT2D eigenvalue weighted by Crippen LogP contribution is -2.19. The molecule has 0 unspecified atom stereocenters. The molecule has 0 saturated heterocycles. The van der Waals surface area contributed by atoms with Crippen molar-refractivity contribution in [1.82, 2.24) is 4.98 Å². The highest BCUT2D eigenvalue weighted by molar-refractivity contribution is 6.03. The first kappa shape index (κ1) is 15.0. The van der Waals surface area contributed by atoms with Gasteiger partial charge in [0.1, 0.15) is 5.69 Å². The number of hydrogen-bond donors (Lipinski definition) is 2. The normalized spacial score (nSPS) is 11.0. The van der Waals surface area contributed by atoms with E-state index >= 15 is 0 Å². The molecule has 2 N–H and O–H groups in total. The summed E-state index contributed by atoms with van der Waals surface area (Å²) in [6.07, 6.45) is 1.64. The number of para-hydroxylation sites is 1. The van der Waals surface area contributed by atoms with Gasteiger partial charge < -0.3 is 10.6 Å². The van der Waals surface area contributed by atoms with Gasteiger partial charge in [-0.05, 0) is 29.2 Å².